The van der Waals surface area contributed by atoms with Crippen LogP contribution in [-0.2, 0) is 16.0 Å². The van der Waals surface area contributed by atoms with Gasteiger partial charge in [-0.2, -0.15) is 0 Å². The van der Waals surface area contributed by atoms with Crippen molar-refractivity contribution in [2.45, 2.75) is 26.3 Å². The summed E-state index contributed by atoms with van der Waals surface area (Å²) in [6.45, 7) is 3.10. The summed E-state index contributed by atoms with van der Waals surface area (Å²) in [4.78, 5) is 32.6. The average Bonchev–Trinajstić information content (AvgIpc) is 2.37. The number of aliphatic carboxylic acids is 1. The van der Waals surface area contributed by atoms with Crippen molar-refractivity contribution in [1.82, 2.24) is 5.32 Å². The molecule has 20 heavy (non-hydrogen) atoms. The Morgan fingerprint density at radius 2 is 2.05 bits per heavy atom. The molecular weight excluding hydrogens is 264 g/mol. The fraction of sp³-hybridized carbons (Fsp3) is 0.385. The number of carboxylic acids is 1. The lowest BCUT2D eigenvalue weighted by Crippen LogP contribution is -2.40. The zero-order valence-electron chi connectivity index (χ0n) is 11.2. The van der Waals surface area contributed by atoms with Crippen LogP contribution in [0.3, 0.4) is 0 Å². The van der Waals surface area contributed by atoms with E-state index in [4.69, 9.17) is 5.11 Å². The summed E-state index contributed by atoms with van der Waals surface area (Å²) in [6, 6.07) is 5.27. The molecule has 0 fully saturated rings. The summed E-state index contributed by atoms with van der Waals surface area (Å²) in [6.07, 6.45) is -0.0294. The van der Waals surface area contributed by atoms with Crippen molar-refractivity contribution in [3.8, 4) is 0 Å². The number of carbonyl (C=O) groups is 2. The van der Waals surface area contributed by atoms with Crippen LogP contribution in [0.25, 0.3) is 0 Å². The van der Waals surface area contributed by atoms with Crippen LogP contribution in [0.4, 0.5) is 5.69 Å². The molecule has 0 saturated carbocycles. The Morgan fingerprint density at radius 3 is 2.60 bits per heavy atom. The molecule has 7 heteroatoms. The molecule has 0 heterocycles. The summed E-state index contributed by atoms with van der Waals surface area (Å²) in [5.41, 5.74) is 0.425. The monoisotopic (exact) mass is 280 g/mol. The number of nitrogens with one attached hydrogen (secondary N) is 1. The summed E-state index contributed by atoms with van der Waals surface area (Å²) < 4.78 is 0. The summed E-state index contributed by atoms with van der Waals surface area (Å²) in [5, 5.41) is 22.0. The molecule has 1 amide bonds. The minimum atomic E-state index is -0.992. The topological polar surface area (TPSA) is 110 Å². The van der Waals surface area contributed by atoms with Gasteiger partial charge in [0, 0.05) is 18.2 Å². The first kappa shape index (κ1) is 15.6. The summed E-state index contributed by atoms with van der Waals surface area (Å²) in [5.74, 6) is -2.07. The third-order valence-electron chi connectivity index (χ3n) is 3.01. The number of hydrogen-bond acceptors (Lipinski definition) is 4. The molecule has 0 aliphatic heterocycles. The second-order valence-corrected chi connectivity index (χ2v) is 4.59. The van der Waals surface area contributed by atoms with E-state index in [1.807, 2.05) is 0 Å². The number of non-ortho nitro benzene ring substituents is 1. The molecule has 0 radical (unpaired) electrons. The molecular formula is C13H16N2O5. The first-order chi connectivity index (χ1) is 9.31. The van der Waals surface area contributed by atoms with Crippen LogP contribution >= 0.6 is 0 Å². The number of rotatable bonds is 6. The van der Waals surface area contributed by atoms with Gasteiger partial charge >= 0.3 is 5.97 Å². The minimum Gasteiger partial charge on any atom is -0.481 e. The molecule has 0 aliphatic carbocycles. The van der Waals surface area contributed by atoms with E-state index in [1.54, 1.807) is 13.0 Å². The molecule has 7 nitrogen and oxygen atoms in total. The van der Waals surface area contributed by atoms with E-state index in [9.17, 15) is 19.7 Å². The van der Waals surface area contributed by atoms with Gasteiger partial charge in [0.15, 0.2) is 0 Å². The van der Waals surface area contributed by atoms with Gasteiger partial charge in [0.25, 0.3) is 5.69 Å². The Bertz CT molecular complexity index is 529. The van der Waals surface area contributed by atoms with Crippen molar-refractivity contribution in [2.75, 3.05) is 0 Å². The summed E-state index contributed by atoms with van der Waals surface area (Å²) >= 11 is 0. The third-order valence-corrected chi connectivity index (χ3v) is 3.01. The van der Waals surface area contributed by atoms with Crippen LogP contribution in [0, 0.1) is 16.0 Å². The molecule has 0 bridgehead atoms. The smallest absolute Gasteiger partial charge is 0.308 e. The SMILES string of the molecule is CC(NC(=O)Cc1cccc([N+](=O)[O-])c1)C(C)C(=O)O. The van der Waals surface area contributed by atoms with Crippen molar-refractivity contribution >= 4 is 17.6 Å². The molecule has 1 aromatic rings. The van der Waals surface area contributed by atoms with Gasteiger partial charge in [-0.25, -0.2) is 0 Å². The van der Waals surface area contributed by atoms with Crippen LogP contribution < -0.4 is 5.32 Å². The van der Waals surface area contributed by atoms with Gasteiger partial charge in [0.2, 0.25) is 5.91 Å². The molecule has 1 rings (SSSR count). The fourth-order valence-corrected chi connectivity index (χ4v) is 1.61. The van der Waals surface area contributed by atoms with Gasteiger partial charge in [-0.15, -0.1) is 0 Å². The molecule has 1 aromatic carbocycles. The first-order valence-electron chi connectivity index (χ1n) is 6.06. The second kappa shape index (κ2) is 6.65. The lowest BCUT2D eigenvalue weighted by molar-refractivity contribution is -0.384. The maximum atomic E-state index is 11.8. The van der Waals surface area contributed by atoms with Gasteiger partial charge in [-0.1, -0.05) is 12.1 Å². The zero-order valence-corrected chi connectivity index (χ0v) is 11.2. The molecule has 2 unspecified atom stereocenters. The highest BCUT2D eigenvalue weighted by Crippen LogP contribution is 2.13. The molecule has 108 valence electrons. The zero-order chi connectivity index (χ0) is 15.3. The number of hydrogen-bond donors (Lipinski definition) is 2. The van der Waals surface area contributed by atoms with Crippen molar-refractivity contribution in [2.24, 2.45) is 5.92 Å². The number of benzene rings is 1. The highest BCUT2D eigenvalue weighted by atomic mass is 16.6. The highest BCUT2D eigenvalue weighted by Gasteiger charge is 2.21. The van der Waals surface area contributed by atoms with Crippen LogP contribution in [0.15, 0.2) is 24.3 Å². The lowest BCUT2D eigenvalue weighted by Gasteiger charge is -2.17. The third kappa shape index (κ3) is 4.34. The van der Waals surface area contributed by atoms with E-state index < -0.39 is 22.9 Å². The van der Waals surface area contributed by atoms with E-state index in [0.29, 0.717) is 5.56 Å². The number of carbonyl (C=O) groups excluding carboxylic acids is 1. The number of carboxylic acid groups (broad SMARTS) is 1. The van der Waals surface area contributed by atoms with Gasteiger partial charge in [-0.05, 0) is 19.4 Å². The second-order valence-electron chi connectivity index (χ2n) is 4.59. The number of nitro groups is 1. The van der Waals surface area contributed by atoms with Crippen molar-refractivity contribution in [1.29, 1.82) is 0 Å². The van der Waals surface area contributed by atoms with Gasteiger partial charge in [0.05, 0.1) is 17.3 Å². The Kier molecular flexibility index (Phi) is 5.19. The normalized spacial score (nSPS) is 13.3. The van der Waals surface area contributed by atoms with E-state index in [2.05, 4.69) is 5.32 Å². The highest BCUT2D eigenvalue weighted by molar-refractivity contribution is 5.80. The molecule has 0 aliphatic rings. The number of nitrogens with zero attached hydrogens (tertiary/aromatic N) is 1. The number of nitro benzene ring substituents is 1. The molecule has 0 saturated heterocycles. The Morgan fingerprint density at radius 1 is 1.40 bits per heavy atom. The van der Waals surface area contributed by atoms with Crippen LogP contribution in [0.5, 0.6) is 0 Å². The lowest BCUT2D eigenvalue weighted by atomic mass is 10.0. The first-order valence-corrected chi connectivity index (χ1v) is 6.06. The van der Waals surface area contributed by atoms with Crippen LogP contribution in [0.1, 0.15) is 19.4 Å². The van der Waals surface area contributed by atoms with E-state index in [1.165, 1.54) is 25.1 Å². The Balaban J connectivity index is 2.65. The van der Waals surface area contributed by atoms with Crippen molar-refractivity contribution < 1.29 is 19.6 Å². The fourth-order valence-electron chi connectivity index (χ4n) is 1.61. The van der Waals surface area contributed by atoms with Crippen LogP contribution in [-0.4, -0.2) is 27.9 Å². The maximum absolute atomic E-state index is 11.8. The van der Waals surface area contributed by atoms with Gasteiger partial charge in [-0.3, -0.25) is 19.7 Å². The van der Waals surface area contributed by atoms with Crippen molar-refractivity contribution in [3.63, 3.8) is 0 Å². The number of amides is 1. The van der Waals surface area contributed by atoms with Gasteiger partial charge < -0.3 is 10.4 Å². The largest absolute Gasteiger partial charge is 0.481 e. The average molecular weight is 280 g/mol. The summed E-state index contributed by atoms with van der Waals surface area (Å²) in [7, 11) is 0. The maximum Gasteiger partial charge on any atom is 0.308 e. The molecule has 0 aromatic heterocycles. The molecule has 0 spiro atoms. The van der Waals surface area contributed by atoms with Crippen molar-refractivity contribution in [3.05, 3.63) is 39.9 Å². The Hall–Kier alpha value is -2.44. The van der Waals surface area contributed by atoms with Crippen LogP contribution in [0.2, 0.25) is 0 Å². The molecule has 2 atom stereocenters. The predicted molar refractivity (Wildman–Crippen MR) is 71.2 cm³/mol. The van der Waals surface area contributed by atoms with E-state index >= 15 is 0 Å². The minimum absolute atomic E-state index is 0.0294. The standard InChI is InChI=1S/C13H16N2O5/c1-8(13(17)18)9(2)14-12(16)7-10-4-3-5-11(6-10)15(19)20/h3-6,8-9H,7H2,1-2H3,(H,14,16)(H,17,18). The predicted octanol–water partition coefficient (Wildman–Crippen LogP) is 1.36. The quantitative estimate of drug-likeness (QED) is 0.604. The Labute approximate surface area is 115 Å². The molecule has 2 N–H and O–H groups in total. The van der Waals surface area contributed by atoms with E-state index in [0.717, 1.165) is 0 Å². The van der Waals surface area contributed by atoms with E-state index in [-0.39, 0.29) is 18.0 Å². The van der Waals surface area contributed by atoms with Gasteiger partial charge in [0.1, 0.15) is 0 Å².